The van der Waals surface area contributed by atoms with Gasteiger partial charge in [-0.25, -0.2) is 4.79 Å². The number of carbonyl (C=O) groups is 2. The second-order valence-electron chi connectivity index (χ2n) is 9.83. The van der Waals surface area contributed by atoms with Crippen LogP contribution in [0, 0.1) is 0 Å². The van der Waals surface area contributed by atoms with Gasteiger partial charge >= 0.3 is 12.4 Å². The number of ether oxygens (including phenoxy) is 2. The van der Waals surface area contributed by atoms with Crippen molar-refractivity contribution in [1.82, 2.24) is 24.8 Å². The number of methoxy groups -OCH3 is 1. The molecule has 0 bridgehead atoms. The molecule has 0 saturated carbocycles. The largest absolute Gasteiger partial charge is 0.573 e. The first kappa shape index (κ1) is 29.6. The smallest absolute Gasteiger partial charge is 0.406 e. The molecule has 1 aromatic heterocycles. The Morgan fingerprint density at radius 3 is 2.26 bits per heavy atom. The van der Waals surface area contributed by atoms with E-state index >= 15 is 0 Å². The molecule has 210 valence electrons. The Kier molecular flexibility index (Phi) is 9.68. The molecule has 1 saturated heterocycles. The van der Waals surface area contributed by atoms with Crippen molar-refractivity contribution in [3.05, 3.63) is 66.4 Å². The first-order chi connectivity index (χ1) is 18.4. The van der Waals surface area contributed by atoms with E-state index in [4.69, 9.17) is 4.74 Å². The van der Waals surface area contributed by atoms with E-state index in [1.807, 2.05) is 51.1 Å². The molecule has 2 heterocycles. The van der Waals surface area contributed by atoms with Gasteiger partial charge in [0.15, 0.2) is 0 Å². The van der Waals surface area contributed by atoms with Gasteiger partial charge in [0.25, 0.3) is 0 Å². The Morgan fingerprint density at radius 1 is 1.05 bits per heavy atom. The zero-order chi connectivity index (χ0) is 28.6. The molecule has 1 unspecified atom stereocenters. The van der Waals surface area contributed by atoms with Gasteiger partial charge in [0.2, 0.25) is 6.41 Å². The van der Waals surface area contributed by atoms with Crippen LogP contribution in [0.1, 0.15) is 26.3 Å². The second kappa shape index (κ2) is 12.7. The van der Waals surface area contributed by atoms with Crippen molar-refractivity contribution in [3.8, 4) is 17.0 Å². The summed E-state index contributed by atoms with van der Waals surface area (Å²) in [5, 5.41) is 8.26. The summed E-state index contributed by atoms with van der Waals surface area (Å²) in [4.78, 5) is 28.7. The molecule has 0 spiro atoms. The van der Waals surface area contributed by atoms with Gasteiger partial charge in [0.1, 0.15) is 11.4 Å². The van der Waals surface area contributed by atoms with Crippen LogP contribution in [0.25, 0.3) is 11.3 Å². The van der Waals surface area contributed by atoms with E-state index < -0.39 is 12.4 Å². The lowest BCUT2D eigenvalue weighted by Crippen LogP contribution is -2.56. The van der Waals surface area contributed by atoms with E-state index in [1.54, 1.807) is 16.9 Å². The van der Waals surface area contributed by atoms with Crippen LogP contribution in [0.15, 0.2) is 60.8 Å². The van der Waals surface area contributed by atoms with Crippen molar-refractivity contribution in [2.24, 2.45) is 0 Å². The minimum Gasteiger partial charge on any atom is -0.406 e. The van der Waals surface area contributed by atoms with Gasteiger partial charge in [-0.05, 0) is 57.0 Å². The van der Waals surface area contributed by atoms with E-state index in [2.05, 4.69) is 14.9 Å². The molecule has 39 heavy (non-hydrogen) atoms. The van der Waals surface area contributed by atoms with Gasteiger partial charge in [-0.3, -0.25) is 4.79 Å². The molecule has 1 atom stereocenters. The number of aromatic nitrogens is 3. The average Bonchev–Trinajstić information content (AvgIpc) is 3.39. The summed E-state index contributed by atoms with van der Waals surface area (Å²) < 4.78 is 45.8. The van der Waals surface area contributed by atoms with Gasteiger partial charge in [-0.15, -0.1) is 18.3 Å². The van der Waals surface area contributed by atoms with Crippen molar-refractivity contribution in [3.63, 3.8) is 0 Å². The number of hydrogen-bond acceptors (Lipinski definition) is 6. The van der Waals surface area contributed by atoms with Gasteiger partial charge in [0.05, 0.1) is 17.8 Å². The molecule has 2 aromatic carbocycles. The van der Waals surface area contributed by atoms with Crippen LogP contribution in [-0.2, 0) is 16.0 Å². The van der Waals surface area contributed by atoms with Gasteiger partial charge < -0.3 is 19.3 Å². The summed E-state index contributed by atoms with van der Waals surface area (Å²) in [5.74, 6) is -0.355. The SMILES string of the molecule is COC(C)(C)C.O=CN1CCN(C(=O)n2ncc(-c3ccc(OC(F)(F)F)cc3)n2)C(Cc2ccccc2)C1. The van der Waals surface area contributed by atoms with Crippen molar-refractivity contribution in [1.29, 1.82) is 0 Å². The van der Waals surface area contributed by atoms with Crippen molar-refractivity contribution < 1.29 is 32.2 Å². The lowest BCUT2D eigenvalue weighted by molar-refractivity contribution is -0.274. The summed E-state index contributed by atoms with van der Waals surface area (Å²) >= 11 is 0. The molecule has 0 radical (unpaired) electrons. The highest BCUT2D eigenvalue weighted by Gasteiger charge is 2.32. The normalized spacial score (nSPS) is 15.8. The summed E-state index contributed by atoms with van der Waals surface area (Å²) in [6, 6.07) is 14.1. The third-order valence-electron chi connectivity index (χ3n) is 5.88. The third-order valence-corrected chi connectivity index (χ3v) is 5.88. The maximum absolute atomic E-state index is 13.2. The predicted octanol–water partition coefficient (Wildman–Crippen LogP) is 4.63. The van der Waals surface area contributed by atoms with Crippen LogP contribution in [0.4, 0.5) is 18.0 Å². The highest BCUT2D eigenvalue weighted by molar-refractivity contribution is 5.76. The number of hydrogen-bond donors (Lipinski definition) is 0. The monoisotopic (exact) mass is 547 g/mol. The number of rotatable bonds is 5. The molecule has 1 aliphatic heterocycles. The standard InChI is InChI=1S/C22H20F3N5O3.C5H12O/c23-22(24,25)33-19-8-6-17(7-9-19)20-13-26-30(27-20)21(32)29-11-10-28(15-31)14-18(29)12-16-4-2-1-3-5-16;1-5(2,3)6-4/h1-9,13,15,18H,10-12,14H2;1-4H3. The highest BCUT2D eigenvalue weighted by atomic mass is 19.4. The zero-order valence-corrected chi connectivity index (χ0v) is 22.3. The van der Waals surface area contributed by atoms with Crippen LogP contribution >= 0.6 is 0 Å². The molecule has 0 aliphatic carbocycles. The fraction of sp³-hybridized carbons (Fsp3) is 0.407. The number of nitrogens with zero attached hydrogens (tertiary/aromatic N) is 5. The van der Waals surface area contributed by atoms with Crippen LogP contribution in [0.2, 0.25) is 0 Å². The molecule has 9 nitrogen and oxygen atoms in total. The van der Waals surface area contributed by atoms with Crippen molar-refractivity contribution in [2.45, 2.75) is 45.2 Å². The molecular formula is C27H32F3N5O4. The number of alkyl halides is 3. The topological polar surface area (TPSA) is 89.8 Å². The maximum Gasteiger partial charge on any atom is 0.573 e. The summed E-state index contributed by atoms with van der Waals surface area (Å²) in [5.41, 5.74) is 1.88. The quantitative estimate of drug-likeness (QED) is 0.433. The van der Waals surface area contributed by atoms with E-state index in [0.717, 1.165) is 28.9 Å². The molecule has 3 aromatic rings. The van der Waals surface area contributed by atoms with Crippen LogP contribution in [-0.4, -0.2) is 82.0 Å². The second-order valence-corrected chi connectivity index (χ2v) is 9.83. The summed E-state index contributed by atoms with van der Waals surface area (Å²) in [6.45, 7) is 7.18. The number of carbonyl (C=O) groups excluding carboxylic acids is 2. The van der Waals surface area contributed by atoms with E-state index in [-0.39, 0.29) is 17.4 Å². The number of halogens is 3. The van der Waals surface area contributed by atoms with Gasteiger partial charge in [-0.1, -0.05) is 35.1 Å². The van der Waals surface area contributed by atoms with Crippen LogP contribution < -0.4 is 4.74 Å². The van der Waals surface area contributed by atoms with Crippen LogP contribution in [0.5, 0.6) is 5.75 Å². The van der Waals surface area contributed by atoms with E-state index in [9.17, 15) is 22.8 Å². The van der Waals surface area contributed by atoms with Gasteiger partial charge in [0, 0.05) is 32.3 Å². The number of piperazine rings is 1. The molecule has 0 N–H and O–H groups in total. The van der Waals surface area contributed by atoms with E-state index in [1.165, 1.54) is 18.3 Å². The lowest BCUT2D eigenvalue weighted by Gasteiger charge is -2.39. The Bertz CT molecular complexity index is 1210. The molecule has 4 rings (SSSR count). The van der Waals surface area contributed by atoms with Crippen LogP contribution in [0.3, 0.4) is 0 Å². The predicted molar refractivity (Wildman–Crippen MR) is 138 cm³/mol. The van der Waals surface area contributed by atoms with Crippen molar-refractivity contribution in [2.75, 3.05) is 26.7 Å². The van der Waals surface area contributed by atoms with Crippen molar-refractivity contribution >= 4 is 12.4 Å². The fourth-order valence-corrected chi connectivity index (χ4v) is 3.72. The highest BCUT2D eigenvalue weighted by Crippen LogP contribution is 2.25. The molecule has 1 aliphatic rings. The Hall–Kier alpha value is -3.93. The van der Waals surface area contributed by atoms with Gasteiger partial charge in [-0.2, -0.15) is 5.10 Å². The molecule has 1 fully saturated rings. The summed E-state index contributed by atoms with van der Waals surface area (Å²) in [6.07, 6.45) is -2.07. The first-order valence-electron chi connectivity index (χ1n) is 12.3. The average molecular weight is 548 g/mol. The summed E-state index contributed by atoms with van der Waals surface area (Å²) in [7, 11) is 1.71. The fourth-order valence-electron chi connectivity index (χ4n) is 3.72. The third kappa shape index (κ3) is 9.10. The molecule has 12 heteroatoms. The molecular weight excluding hydrogens is 515 g/mol. The minimum atomic E-state index is -4.78. The minimum absolute atomic E-state index is 0.0417. The first-order valence-corrected chi connectivity index (χ1v) is 12.3. The number of amides is 2. The number of benzene rings is 2. The maximum atomic E-state index is 13.2. The van der Waals surface area contributed by atoms with E-state index in [0.29, 0.717) is 37.3 Å². The Labute approximate surface area is 225 Å². The molecule has 2 amide bonds. The zero-order valence-electron chi connectivity index (χ0n) is 22.3. The lowest BCUT2D eigenvalue weighted by atomic mass is 10.0. The Balaban J connectivity index is 0.000000631. The Morgan fingerprint density at radius 2 is 1.69 bits per heavy atom.